The molecule has 0 radical (unpaired) electrons. The van der Waals surface area contributed by atoms with E-state index < -0.39 is 17.4 Å². The second kappa shape index (κ2) is 7.65. The predicted octanol–water partition coefficient (Wildman–Crippen LogP) is 0.737. The van der Waals surface area contributed by atoms with Crippen LogP contribution in [-0.2, 0) is 16.1 Å². The molecule has 0 bridgehead atoms. The monoisotopic (exact) mass is 375 g/mol. The van der Waals surface area contributed by atoms with Crippen LogP contribution in [0.4, 0.5) is 0 Å². The number of hydrogen-bond acceptors (Lipinski definition) is 6. The highest BCUT2D eigenvalue weighted by atomic mass is 16.5. The molecular formula is C18H21N3O6. The molecule has 2 aromatic rings. The van der Waals surface area contributed by atoms with E-state index in [0.717, 1.165) is 4.68 Å². The summed E-state index contributed by atoms with van der Waals surface area (Å²) in [6.45, 7) is 0.358. The van der Waals surface area contributed by atoms with Gasteiger partial charge in [-0.1, -0.05) is 0 Å². The van der Waals surface area contributed by atoms with Crippen molar-refractivity contribution in [2.24, 2.45) is 5.92 Å². The number of benzene rings is 1. The van der Waals surface area contributed by atoms with E-state index in [1.54, 1.807) is 12.1 Å². The van der Waals surface area contributed by atoms with Gasteiger partial charge < -0.3 is 19.5 Å². The van der Waals surface area contributed by atoms with Crippen molar-refractivity contribution in [3.05, 3.63) is 28.7 Å². The van der Waals surface area contributed by atoms with E-state index in [1.807, 2.05) is 0 Å². The number of ether oxygens (including phenoxy) is 2. The topological polar surface area (TPSA) is 111 Å². The summed E-state index contributed by atoms with van der Waals surface area (Å²) in [5.41, 5.74) is -0.469. The number of methoxy groups -OCH3 is 2. The van der Waals surface area contributed by atoms with Crippen molar-refractivity contribution in [2.75, 3.05) is 27.3 Å². The van der Waals surface area contributed by atoms with Gasteiger partial charge >= 0.3 is 5.97 Å². The summed E-state index contributed by atoms with van der Waals surface area (Å²) in [6, 6.07) is 3.37. The molecule has 1 saturated heterocycles. The zero-order valence-corrected chi connectivity index (χ0v) is 15.2. The standard InChI is InChI=1S/C18H21N3O6/c1-26-13-6-5-11-8-19-21(17(23)15(11)16(13)27-2)10-14(22)20-7-3-4-12(9-20)18(24)25/h5-6,8,12H,3-4,7,9-10H2,1-2H3,(H,24,25)/t12-/m0/s1. The lowest BCUT2D eigenvalue weighted by atomic mass is 9.98. The van der Waals surface area contributed by atoms with E-state index in [1.165, 1.54) is 25.3 Å². The molecule has 9 nitrogen and oxygen atoms in total. The molecule has 1 amide bonds. The van der Waals surface area contributed by atoms with Crippen LogP contribution in [0.15, 0.2) is 23.1 Å². The summed E-state index contributed by atoms with van der Waals surface area (Å²) in [5.74, 6) is -1.13. The first-order valence-corrected chi connectivity index (χ1v) is 8.57. The summed E-state index contributed by atoms with van der Waals surface area (Å²) in [7, 11) is 2.91. The van der Waals surface area contributed by atoms with Gasteiger partial charge in [-0.05, 0) is 25.0 Å². The van der Waals surface area contributed by atoms with Crippen LogP contribution in [-0.4, -0.2) is 59.0 Å². The molecular weight excluding hydrogens is 354 g/mol. The maximum absolute atomic E-state index is 12.9. The molecule has 0 saturated carbocycles. The first-order valence-electron chi connectivity index (χ1n) is 8.57. The average molecular weight is 375 g/mol. The lowest BCUT2D eigenvalue weighted by Gasteiger charge is -2.30. The Balaban J connectivity index is 1.91. The second-order valence-electron chi connectivity index (χ2n) is 6.39. The Labute approximate surface area is 155 Å². The molecule has 9 heteroatoms. The van der Waals surface area contributed by atoms with Crippen LogP contribution in [0.1, 0.15) is 12.8 Å². The van der Waals surface area contributed by atoms with Gasteiger partial charge in [0.2, 0.25) is 5.91 Å². The van der Waals surface area contributed by atoms with Gasteiger partial charge in [-0.2, -0.15) is 5.10 Å². The van der Waals surface area contributed by atoms with Gasteiger partial charge in [-0.15, -0.1) is 0 Å². The van der Waals surface area contributed by atoms with Gasteiger partial charge in [-0.3, -0.25) is 14.4 Å². The van der Waals surface area contributed by atoms with Gasteiger partial charge in [0, 0.05) is 18.5 Å². The molecule has 1 aliphatic rings. The minimum atomic E-state index is -0.912. The van der Waals surface area contributed by atoms with Crippen LogP contribution in [0, 0.1) is 5.92 Å². The summed E-state index contributed by atoms with van der Waals surface area (Å²) in [6.07, 6.45) is 2.65. The fourth-order valence-corrected chi connectivity index (χ4v) is 3.33. The van der Waals surface area contributed by atoms with Crippen LogP contribution in [0.2, 0.25) is 0 Å². The van der Waals surface area contributed by atoms with E-state index >= 15 is 0 Å². The number of piperidine rings is 1. The minimum absolute atomic E-state index is 0.146. The zero-order chi connectivity index (χ0) is 19.6. The van der Waals surface area contributed by atoms with E-state index in [0.29, 0.717) is 30.5 Å². The van der Waals surface area contributed by atoms with E-state index in [4.69, 9.17) is 14.6 Å². The number of rotatable bonds is 5. The number of carbonyl (C=O) groups is 2. The Morgan fingerprint density at radius 3 is 2.74 bits per heavy atom. The SMILES string of the molecule is COc1ccc2cnn(CC(=O)N3CCC[C@H](C(=O)O)C3)c(=O)c2c1OC. The van der Waals surface area contributed by atoms with Crippen molar-refractivity contribution in [1.82, 2.24) is 14.7 Å². The first kappa shape index (κ1) is 18.7. The highest BCUT2D eigenvalue weighted by Gasteiger charge is 2.28. The first-order chi connectivity index (χ1) is 13.0. The third-order valence-corrected chi connectivity index (χ3v) is 4.77. The number of hydrogen-bond donors (Lipinski definition) is 1. The highest BCUT2D eigenvalue weighted by molar-refractivity contribution is 5.89. The number of carbonyl (C=O) groups excluding carboxylic acids is 1. The number of nitrogens with zero attached hydrogens (tertiary/aromatic N) is 3. The molecule has 2 heterocycles. The lowest BCUT2D eigenvalue weighted by molar-refractivity contribution is -0.145. The molecule has 1 N–H and O–H groups in total. The van der Waals surface area contributed by atoms with Crippen molar-refractivity contribution in [3.8, 4) is 11.5 Å². The summed E-state index contributed by atoms with van der Waals surface area (Å²) in [5, 5.41) is 14.1. The Kier molecular flexibility index (Phi) is 5.29. The molecule has 1 aliphatic heterocycles. The van der Waals surface area contributed by atoms with Gasteiger partial charge in [0.15, 0.2) is 11.5 Å². The Hall–Kier alpha value is -3.10. The van der Waals surface area contributed by atoms with Crippen LogP contribution < -0.4 is 15.0 Å². The number of fused-ring (bicyclic) bond motifs is 1. The molecule has 27 heavy (non-hydrogen) atoms. The Bertz CT molecular complexity index is 939. The lowest BCUT2D eigenvalue weighted by Crippen LogP contribution is -2.44. The summed E-state index contributed by atoms with van der Waals surface area (Å²) in [4.78, 5) is 38.1. The third kappa shape index (κ3) is 3.57. The van der Waals surface area contributed by atoms with Crippen molar-refractivity contribution in [2.45, 2.75) is 19.4 Å². The molecule has 3 rings (SSSR count). The molecule has 0 unspecified atom stereocenters. The van der Waals surface area contributed by atoms with Crippen molar-refractivity contribution in [1.29, 1.82) is 0 Å². The van der Waals surface area contributed by atoms with Crippen LogP contribution >= 0.6 is 0 Å². The van der Waals surface area contributed by atoms with Crippen LogP contribution in [0.25, 0.3) is 10.8 Å². The van der Waals surface area contributed by atoms with E-state index in [2.05, 4.69) is 5.10 Å². The molecule has 1 aromatic carbocycles. The molecule has 1 aromatic heterocycles. The predicted molar refractivity (Wildman–Crippen MR) is 96.0 cm³/mol. The molecule has 144 valence electrons. The van der Waals surface area contributed by atoms with Crippen molar-refractivity contribution in [3.63, 3.8) is 0 Å². The normalized spacial score (nSPS) is 17.0. The van der Waals surface area contributed by atoms with Crippen molar-refractivity contribution < 1.29 is 24.2 Å². The number of aliphatic carboxylic acids is 1. The molecule has 1 fully saturated rings. The number of carboxylic acid groups (broad SMARTS) is 1. The number of likely N-dealkylation sites (tertiary alicyclic amines) is 1. The zero-order valence-electron chi connectivity index (χ0n) is 15.2. The van der Waals surface area contributed by atoms with Gasteiger partial charge in [-0.25, -0.2) is 4.68 Å². The maximum Gasteiger partial charge on any atom is 0.308 e. The van der Waals surface area contributed by atoms with Crippen molar-refractivity contribution >= 4 is 22.6 Å². The summed E-state index contributed by atoms with van der Waals surface area (Å²) < 4.78 is 11.6. The largest absolute Gasteiger partial charge is 0.493 e. The van der Waals surface area contributed by atoms with Crippen LogP contribution in [0.5, 0.6) is 11.5 Å². The Morgan fingerprint density at radius 1 is 1.30 bits per heavy atom. The fraction of sp³-hybridized carbons (Fsp3) is 0.444. The molecule has 1 atom stereocenters. The fourth-order valence-electron chi connectivity index (χ4n) is 3.33. The second-order valence-corrected chi connectivity index (χ2v) is 6.39. The number of aromatic nitrogens is 2. The molecule has 0 aliphatic carbocycles. The Morgan fingerprint density at radius 2 is 2.07 bits per heavy atom. The molecule has 0 spiro atoms. The van der Waals surface area contributed by atoms with Gasteiger partial charge in [0.25, 0.3) is 5.56 Å². The average Bonchev–Trinajstić information content (AvgIpc) is 2.69. The number of amides is 1. The van der Waals surface area contributed by atoms with Gasteiger partial charge in [0.1, 0.15) is 6.54 Å². The minimum Gasteiger partial charge on any atom is -0.493 e. The smallest absolute Gasteiger partial charge is 0.308 e. The van der Waals surface area contributed by atoms with E-state index in [-0.39, 0.29) is 30.1 Å². The summed E-state index contributed by atoms with van der Waals surface area (Å²) >= 11 is 0. The third-order valence-electron chi connectivity index (χ3n) is 4.77. The highest BCUT2D eigenvalue weighted by Crippen LogP contribution is 2.32. The number of carboxylic acids is 1. The van der Waals surface area contributed by atoms with Crippen LogP contribution in [0.3, 0.4) is 0 Å². The van der Waals surface area contributed by atoms with Gasteiger partial charge in [0.05, 0.1) is 31.7 Å². The maximum atomic E-state index is 12.9. The quantitative estimate of drug-likeness (QED) is 0.820. The van der Waals surface area contributed by atoms with E-state index in [9.17, 15) is 14.4 Å².